The van der Waals surface area contributed by atoms with Gasteiger partial charge >= 0.3 is 5.97 Å². The SMILES string of the molecule is CCC1(C(=O)O)CC=Cc2ccccc21. The Labute approximate surface area is 89.2 Å². The molecule has 78 valence electrons. The Bertz CT molecular complexity index is 420. The maximum absolute atomic E-state index is 11.4. The molecule has 0 saturated heterocycles. The molecule has 1 unspecified atom stereocenters. The number of carbonyl (C=O) groups is 1. The fourth-order valence-electron chi connectivity index (χ4n) is 2.26. The number of allylic oxidation sites excluding steroid dienone is 1. The highest BCUT2D eigenvalue weighted by Gasteiger charge is 2.40. The van der Waals surface area contributed by atoms with Crippen LogP contribution in [0.3, 0.4) is 0 Å². The summed E-state index contributed by atoms with van der Waals surface area (Å²) in [6, 6.07) is 7.75. The smallest absolute Gasteiger partial charge is 0.314 e. The van der Waals surface area contributed by atoms with Crippen LogP contribution in [-0.2, 0) is 10.2 Å². The monoisotopic (exact) mass is 202 g/mol. The van der Waals surface area contributed by atoms with E-state index in [4.69, 9.17) is 0 Å². The fraction of sp³-hybridized carbons (Fsp3) is 0.308. The summed E-state index contributed by atoms with van der Waals surface area (Å²) in [6.07, 6.45) is 5.19. The Kier molecular flexibility index (Phi) is 2.35. The molecular weight excluding hydrogens is 188 g/mol. The summed E-state index contributed by atoms with van der Waals surface area (Å²) in [7, 11) is 0. The molecule has 2 heteroatoms. The maximum atomic E-state index is 11.4. The van der Waals surface area contributed by atoms with Crippen LogP contribution in [0.5, 0.6) is 0 Å². The topological polar surface area (TPSA) is 37.3 Å². The van der Waals surface area contributed by atoms with Crippen molar-refractivity contribution in [2.24, 2.45) is 0 Å². The minimum atomic E-state index is -0.721. The van der Waals surface area contributed by atoms with Gasteiger partial charge in [-0.1, -0.05) is 43.3 Å². The van der Waals surface area contributed by atoms with Crippen LogP contribution < -0.4 is 0 Å². The van der Waals surface area contributed by atoms with Crippen LogP contribution in [0.1, 0.15) is 30.9 Å². The van der Waals surface area contributed by atoms with Gasteiger partial charge < -0.3 is 5.11 Å². The number of benzene rings is 1. The summed E-state index contributed by atoms with van der Waals surface area (Å²) in [4.78, 5) is 11.4. The number of carboxylic acid groups (broad SMARTS) is 1. The van der Waals surface area contributed by atoms with Crippen LogP contribution in [0, 0.1) is 0 Å². The molecule has 1 aromatic carbocycles. The van der Waals surface area contributed by atoms with Crippen LogP contribution in [0.2, 0.25) is 0 Å². The van der Waals surface area contributed by atoms with Gasteiger partial charge in [0.25, 0.3) is 0 Å². The van der Waals surface area contributed by atoms with Crippen molar-refractivity contribution in [3.63, 3.8) is 0 Å². The van der Waals surface area contributed by atoms with E-state index in [1.807, 2.05) is 43.3 Å². The molecule has 1 aromatic rings. The molecule has 1 aliphatic rings. The molecule has 0 aromatic heterocycles. The molecule has 0 spiro atoms. The first-order chi connectivity index (χ1) is 7.20. The Morgan fingerprint density at radius 2 is 2.20 bits per heavy atom. The molecule has 0 fully saturated rings. The van der Waals surface area contributed by atoms with Crippen molar-refractivity contribution < 1.29 is 9.90 Å². The Hall–Kier alpha value is -1.57. The molecule has 2 rings (SSSR count). The van der Waals surface area contributed by atoms with Gasteiger partial charge in [0.2, 0.25) is 0 Å². The van der Waals surface area contributed by atoms with Crippen molar-refractivity contribution in [2.45, 2.75) is 25.2 Å². The highest BCUT2D eigenvalue weighted by molar-refractivity contribution is 5.85. The van der Waals surface area contributed by atoms with E-state index in [1.165, 1.54) is 0 Å². The summed E-state index contributed by atoms with van der Waals surface area (Å²) in [5.74, 6) is -0.721. The van der Waals surface area contributed by atoms with E-state index in [2.05, 4.69) is 0 Å². The van der Waals surface area contributed by atoms with Gasteiger partial charge in [-0.3, -0.25) is 4.79 Å². The van der Waals surface area contributed by atoms with Gasteiger partial charge in [-0.05, 0) is 24.0 Å². The van der Waals surface area contributed by atoms with E-state index in [1.54, 1.807) is 0 Å². The lowest BCUT2D eigenvalue weighted by Crippen LogP contribution is -2.36. The molecule has 0 aliphatic heterocycles. The predicted molar refractivity (Wildman–Crippen MR) is 59.7 cm³/mol. The van der Waals surface area contributed by atoms with Gasteiger partial charge in [0.1, 0.15) is 0 Å². The summed E-state index contributed by atoms with van der Waals surface area (Å²) in [6.45, 7) is 1.93. The second-order valence-corrected chi connectivity index (χ2v) is 3.93. The van der Waals surface area contributed by atoms with Gasteiger partial charge in [-0.15, -0.1) is 0 Å². The van der Waals surface area contributed by atoms with Crippen LogP contribution in [-0.4, -0.2) is 11.1 Å². The van der Waals surface area contributed by atoms with E-state index >= 15 is 0 Å². The standard InChI is InChI=1S/C13H14O2/c1-2-13(12(14)15)9-5-7-10-6-3-4-8-11(10)13/h3-8H,2,9H2,1H3,(H,14,15). The summed E-state index contributed by atoms with van der Waals surface area (Å²) in [5, 5.41) is 9.40. The van der Waals surface area contributed by atoms with Crippen molar-refractivity contribution in [3.8, 4) is 0 Å². The number of fused-ring (bicyclic) bond motifs is 1. The third-order valence-corrected chi connectivity index (χ3v) is 3.25. The minimum absolute atomic E-state index is 0.593. The van der Waals surface area contributed by atoms with Crippen LogP contribution in [0.25, 0.3) is 6.08 Å². The molecule has 1 aliphatic carbocycles. The van der Waals surface area contributed by atoms with E-state index in [9.17, 15) is 9.90 Å². The van der Waals surface area contributed by atoms with Crippen molar-refractivity contribution in [1.29, 1.82) is 0 Å². The lowest BCUT2D eigenvalue weighted by molar-refractivity contribution is -0.144. The number of rotatable bonds is 2. The molecule has 1 atom stereocenters. The second-order valence-electron chi connectivity index (χ2n) is 3.93. The minimum Gasteiger partial charge on any atom is -0.481 e. The van der Waals surface area contributed by atoms with E-state index < -0.39 is 11.4 Å². The van der Waals surface area contributed by atoms with E-state index in [0.717, 1.165) is 11.1 Å². The summed E-state index contributed by atoms with van der Waals surface area (Å²) >= 11 is 0. The average molecular weight is 202 g/mol. The zero-order chi connectivity index (χ0) is 10.9. The third kappa shape index (κ3) is 1.37. The first-order valence-electron chi connectivity index (χ1n) is 5.20. The van der Waals surface area contributed by atoms with E-state index in [-0.39, 0.29) is 0 Å². The van der Waals surface area contributed by atoms with Crippen molar-refractivity contribution in [2.75, 3.05) is 0 Å². The largest absolute Gasteiger partial charge is 0.481 e. The lowest BCUT2D eigenvalue weighted by atomic mass is 9.71. The van der Waals surface area contributed by atoms with Crippen molar-refractivity contribution >= 4 is 12.0 Å². The van der Waals surface area contributed by atoms with Crippen LogP contribution >= 0.6 is 0 Å². The van der Waals surface area contributed by atoms with Crippen LogP contribution in [0.4, 0.5) is 0 Å². The second kappa shape index (κ2) is 3.54. The quantitative estimate of drug-likeness (QED) is 0.800. The first-order valence-corrected chi connectivity index (χ1v) is 5.20. The van der Waals surface area contributed by atoms with E-state index in [0.29, 0.717) is 12.8 Å². The molecule has 0 heterocycles. The number of aliphatic carboxylic acids is 1. The highest BCUT2D eigenvalue weighted by Crippen LogP contribution is 2.38. The normalized spacial score (nSPS) is 23.5. The molecular formula is C13H14O2. The molecule has 1 N–H and O–H groups in total. The average Bonchev–Trinajstić information content (AvgIpc) is 2.28. The highest BCUT2D eigenvalue weighted by atomic mass is 16.4. The Balaban J connectivity index is 2.62. The zero-order valence-electron chi connectivity index (χ0n) is 8.73. The number of hydrogen-bond acceptors (Lipinski definition) is 1. The van der Waals surface area contributed by atoms with Gasteiger partial charge in [0.05, 0.1) is 5.41 Å². The lowest BCUT2D eigenvalue weighted by Gasteiger charge is -2.31. The van der Waals surface area contributed by atoms with Crippen molar-refractivity contribution in [3.05, 3.63) is 41.5 Å². The number of hydrogen-bond donors (Lipinski definition) is 1. The zero-order valence-corrected chi connectivity index (χ0v) is 8.73. The molecule has 0 saturated carbocycles. The molecule has 0 amide bonds. The molecule has 2 nitrogen and oxygen atoms in total. The molecule has 0 bridgehead atoms. The fourth-order valence-corrected chi connectivity index (χ4v) is 2.26. The van der Waals surface area contributed by atoms with Gasteiger partial charge in [-0.2, -0.15) is 0 Å². The summed E-state index contributed by atoms with van der Waals surface area (Å²) < 4.78 is 0. The van der Waals surface area contributed by atoms with Crippen LogP contribution in [0.15, 0.2) is 30.3 Å². The van der Waals surface area contributed by atoms with Gasteiger partial charge in [0, 0.05) is 0 Å². The number of carboxylic acids is 1. The first kappa shape index (κ1) is 9.97. The van der Waals surface area contributed by atoms with Gasteiger partial charge in [-0.25, -0.2) is 0 Å². The van der Waals surface area contributed by atoms with Crippen molar-refractivity contribution in [1.82, 2.24) is 0 Å². The Morgan fingerprint density at radius 3 is 2.87 bits per heavy atom. The maximum Gasteiger partial charge on any atom is 0.314 e. The predicted octanol–water partition coefficient (Wildman–Crippen LogP) is 2.84. The third-order valence-electron chi connectivity index (χ3n) is 3.25. The molecule has 15 heavy (non-hydrogen) atoms. The summed E-state index contributed by atoms with van der Waals surface area (Å²) in [5.41, 5.74) is 1.27. The van der Waals surface area contributed by atoms with Gasteiger partial charge in [0.15, 0.2) is 0 Å². The Morgan fingerprint density at radius 1 is 1.47 bits per heavy atom. The molecule has 0 radical (unpaired) electrons.